The molecule has 2 aromatic rings. The number of fused-ring (bicyclic) bond motifs is 1. The highest BCUT2D eigenvalue weighted by molar-refractivity contribution is 7.96. The van der Waals surface area contributed by atoms with Crippen molar-refractivity contribution in [2.45, 2.75) is 43.7 Å². The van der Waals surface area contributed by atoms with Crippen LogP contribution in [-0.4, -0.2) is 16.9 Å². The maximum atomic E-state index is 5.92. The van der Waals surface area contributed by atoms with Crippen LogP contribution in [0.4, 0.5) is 0 Å². The molecule has 2 aliphatic rings. The molecule has 1 aromatic heterocycles. The van der Waals surface area contributed by atoms with Crippen LogP contribution in [-0.2, 0) is 0 Å². The predicted molar refractivity (Wildman–Crippen MR) is 79.1 cm³/mol. The van der Waals surface area contributed by atoms with Crippen molar-refractivity contribution in [3.8, 4) is 0 Å². The Morgan fingerprint density at radius 1 is 1.32 bits per heavy atom. The van der Waals surface area contributed by atoms with Crippen molar-refractivity contribution in [2.75, 3.05) is 6.54 Å². The van der Waals surface area contributed by atoms with E-state index < -0.39 is 0 Å². The summed E-state index contributed by atoms with van der Waals surface area (Å²) >= 11 is 1.80. The first-order valence-corrected chi connectivity index (χ1v) is 7.95. The number of hydrogen-bond donors (Lipinski definition) is 0. The summed E-state index contributed by atoms with van der Waals surface area (Å²) in [7, 11) is 0. The van der Waals surface area contributed by atoms with E-state index in [-0.39, 0.29) is 0 Å². The van der Waals surface area contributed by atoms with Crippen molar-refractivity contribution in [3.63, 3.8) is 0 Å². The quantitative estimate of drug-likeness (QED) is 0.738. The average molecular weight is 273 g/mol. The van der Waals surface area contributed by atoms with E-state index in [4.69, 9.17) is 4.42 Å². The van der Waals surface area contributed by atoms with E-state index in [0.29, 0.717) is 11.5 Å². The molecule has 3 heteroatoms. The average Bonchev–Trinajstić information content (AvgIpc) is 2.90. The van der Waals surface area contributed by atoms with Crippen LogP contribution in [0.15, 0.2) is 39.8 Å². The minimum atomic E-state index is 0.637. The van der Waals surface area contributed by atoms with Gasteiger partial charge in [-0.05, 0) is 55.7 Å². The molecule has 2 heterocycles. The molecule has 19 heavy (non-hydrogen) atoms. The Kier molecular flexibility index (Phi) is 2.68. The van der Waals surface area contributed by atoms with Gasteiger partial charge in [-0.1, -0.05) is 24.6 Å². The van der Waals surface area contributed by atoms with Crippen LogP contribution in [0, 0.1) is 5.41 Å². The zero-order valence-electron chi connectivity index (χ0n) is 11.3. The van der Waals surface area contributed by atoms with Gasteiger partial charge in [0.2, 0.25) is 0 Å². The Bertz CT molecular complexity index is 569. The lowest BCUT2D eigenvalue weighted by Crippen LogP contribution is -2.31. The van der Waals surface area contributed by atoms with Crippen LogP contribution in [0.2, 0.25) is 0 Å². The lowest BCUT2D eigenvalue weighted by molar-refractivity contribution is 0.153. The van der Waals surface area contributed by atoms with E-state index in [1.807, 2.05) is 12.1 Å². The monoisotopic (exact) mass is 273 g/mol. The summed E-state index contributed by atoms with van der Waals surface area (Å²) in [6.07, 6.45) is 5.64. The Hall–Kier alpha value is -0.930. The van der Waals surface area contributed by atoms with E-state index >= 15 is 0 Å². The molecule has 0 amide bonds. The van der Waals surface area contributed by atoms with Crippen LogP contribution in [0.3, 0.4) is 0 Å². The SMILES string of the molecule is CC1CC2(CCC2)CN1Sc1cc2ccccc2o1. The summed E-state index contributed by atoms with van der Waals surface area (Å²) < 4.78 is 8.44. The first-order valence-electron chi connectivity index (χ1n) is 7.17. The molecule has 0 bridgehead atoms. The molecule has 100 valence electrons. The van der Waals surface area contributed by atoms with E-state index in [1.165, 1.54) is 37.6 Å². The standard InChI is InChI=1S/C16H19NOS/c1-12-10-16(7-4-8-16)11-17(12)19-15-9-13-5-2-3-6-14(13)18-15/h2-3,5-6,9,12H,4,7-8,10-11H2,1H3. The molecule has 2 nitrogen and oxygen atoms in total. The molecule has 1 unspecified atom stereocenters. The molecule has 1 aliphatic carbocycles. The summed E-state index contributed by atoms with van der Waals surface area (Å²) in [6, 6.07) is 11.1. The van der Waals surface area contributed by atoms with Gasteiger partial charge in [-0.2, -0.15) is 0 Å². The van der Waals surface area contributed by atoms with Crippen molar-refractivity contribution >= 4 is 22.9 Å². The van der Waals surface area contributed by atoms with Gasteiger partial charge in [-0.25, -0.2) is 4.31 Å². The Balaban J connectivity index is 1.54. The van der Waals surface area contributed by atoms with E-state index in [2.05, 4.69) is 29.4 Å². The van der Waals surface area contributed by atoms with Gasteiger partial charge in [0.25, 0.3) is 0 Å². The summed E-state index contributed by atoms with van der Waals surface area (Å²) in [5.74, 6) is 0. The van der Waals surface area contributed by atoms with E-state index in [9.17, 15) is 0 Å². The number of rotatable bonds is 2. The Morgan fingerprint density at radius 2 is 2.16 bits per heavy atom. The third-order valence-electron chi connectivity index (χ3n) is 4.74. The molecule has 0 radical (unpaired) electrons. The lowest BCUT2D eigenvalue weighted by atomic mass is 9.68. The van der Waals surface area contributed by atoms with E-state index in [1.54, 1.807) is 11.9 Å². The van der Waals surface area contributed by atoms with Crippen molar-refractivity contribution in [2.24, 2.45) is 5.41 Å². The minimum Gasteiger partial charge on any atom is -0.449 e. The highest BCUT2D eigenvalue weighted by Gasteiger charge is 2.46. The molecule has 1 saturated heterocycles. The highest BCUT2D eigenvalue weighted by atomic mass is 32.2. The van der Waals surface area contributed by atoms with Gasteiger partial charge in [-0.3, -0.25) is 0 Å². The number of para-hydroxylation sites is 1. The predicted octanol–water partition coefficient (Wildman–Crippen LogP) is 4.70. The molecule has 1 saturated carbocycles. The third-order valence-corrected chi connectivity index (χ3v) is 5.84. The smallest absolute Gasteiger partial charge is 0.176 e. The van der Waals surface area contributed by atoms with Gasteiger partial charge in [-0.15, -0.1) is 0 Å². The summed E-state index contributed by atoms with van der Waals surface area (Å²) in [5.41, 5.74) is 1.63. The first-order chi connectivity index (χ1) is 9.24. The van der Waals surface area contributed by atoms with Gasteiger partial charge in [0.1, 0.15) is 5.58 Å². The van der Waals surface area contributed by atoms with Crippen LogP contribution in [0.1, 0.15) is 32.6 Å². The highest BCUT2D eigenvalue weighted by Crippen LogP contribution is 2.52. The molecule has 1 aromatic carbocycles. The summed E-state index contributed by atoms with van der Waals surface area (Å²) in [4.78, 5) is 0. The second-order valence-corrected chi connectivity index (χ2v) is 7.23. The van der Waals surface area contributed by atoms with E-state index in [0.717, 1.165) is 10.7 Å². The zero-order chi connectivity index (χ0) is 12.9. The molecule has 1 aliphatic heterocycles. The summed E-state index contributed by atoms with van der Waals surface area (Å²) in [6.45, 7) is 3.58. The molecule has 4 rings (SSSR count). The van der Waals surface area contributed by atoms with Gasteiger partial charge in [0.15, 0.2) is 5.09 Å². The molecular weight excluding hydrogens is 254 g/mol. The van der Waals surface area contributed by atoms with Gasteiger partial charge < -0.3 is 4.42 Å². The van der Waals surface area contributed by atoms with Crippen LogP contribution < -0.4 is 0 Å². The zero-order valence-corrected chi connectivity index (χ0v) is 12.1. The summed E-state index contributed by atoms with van der Waals surface area (Å²) in [5, 5.41) is 2.24. The van der Waals surface area contributed by atoms with Gasteiger partial charge >= 0.3 is 0 Å². The molecule has 1 spiro atoms. The van der Waals surface area contributed by atoms with Crippen molar-refractivity contribution in [3.05, 3.63) is 30.3 Å². The first kappa shape index (κ1) is 11.9. The lowest BCUT2D eigenvalue weighted by Gasteiger charge is -2.37. The molecular formula is C16H19NOS. The van der Waals surface area contributed by atoms with Gasteiger partial charge in [0, 0.05) is 18.0 Å². The number of furan rings is 1. The minimum absolute atomic E-state index is 0.637. The molecule has 0 N–H and O–H groups in total. The number of nitrogens with zero attached hydrogens (tertiary/aromatic N) is 1. The van der Waals surface area contributed by atoms with Crippen molar-refractivity contribution in [1.82, 2.24) is 4.31 Å². The van der Waals surface area contributed by atoms with Gasteiger partial charge in [0.05, 0.1) is 0 Å². The molecule has 2 fully saturated rings. The number of hydrogen-bond acceptors (Lipinski definition) is 3. The van der Waals surface area contributed by atoms with Crippen LogP contribution in [0.5, 0.6) is 0 Å². The van der Waals surface area contributed by atoms with Crippen molar-refractivity contribution < 1.29 is 4.42 Å². The fourth-order valence-electron chi connectivity index (χ4n) is 3.56. The topological polar surface area (TPSA) is 16.4 Å². The second kappa shape index (κ2) is 4.29. The maximum absolute atomic E-state index is 5.92. The van der Waals surface area contributed by atoms with Crippen LogP contribution >= 0.6 is 11.9 Å². The Morgan fingerprint density at radius 3 is 2.84 bits per heavy atom. The normalized spacial score (nSPS) is 26.1. The maximum Gasteiger partial charge on any atom is 0.176 e. The largest absolute Gasteiger partial charge is 0.449 e. The molecule has 1 atom stereocenters. The fourth-order valence-corrected chi connectivity index (χ4v) is 4.69. The second-order valence-electron chi connectivity index (χ2n) is 6.18. The van der Waals surface area contributed by atoms with Crippen LogP contribution in [0.25, 0.3) is 11.0 Å². The fraction of sp³-hybridized carbons (Fsp3) is 0.500. The Labute approximate surface area is 118 Å². The number of benzene rings is 1. The third kappa shape index (κ3) is 2.00. The van der Waals surface area contributed by atoms with Crippen molar-refractivity contribution in [1.29, 1.82) is 0 Å².